The van der Waals surface area contributed by atoms with E-state index < -0.39 is 0 Å². The molecule has 1 aliphatic heterocycles. The van der Waals surface area contributed by atoms with Crippen molar-refractivity contribution in [1.29, 1.82) is 0 Å². The average molecular weight is 395 g/mol. The molecule has 0 N–H and O–H groups in total. The predicted octanol–water partition coefficient (Wildman–Crippen LogP) is 4.83. The van der Waals surface area contributed by atoms with Crippen molar-refractivity contribution in [1.82, 2.24) is 5.16 Å². The van der Waals surface area contributed by atoms with Crippen LogP contribution in [-0.4, -0.2) is 26.5 Å². The van der Waals surface area contributed by atoms with Gasteiger partial charge in [0.15, 0.2) is 28.8 Å². The van der Waals surface area contributed by atoms with Crippen molar-refractivity contribution in [2.24, 2.45) is 0 Å². The Morgan fingerprint density at radius 2 is 1.72 bits per heavy atom. The monoisotopic (exact) mass is 395 g/mol. The van der Waals surface area contributed by atoms with E-state index in [1.807, 2.05) is 12.2 Å². The number of nitrogens with zero attached hydrogens (tertiary/aromatic N) is 1. The van der Waals surface area contributed by atoms with E-state index in [4.69, 9.17) is 28.2 Å². The SMILES string of the molecule is COc1cc(-c2oncc2C2=COC=C(C3=CC=CCC3)O2)cc(OC)c1OC. The largest absolute Gasteiger partial charge is 0.493 e. The van der Waals surface area contributed by atoms with Crippen LogP contribution >= 0.6 is 0 Å². The second-order valence-electron chi connectivity index (χ2n) is 6.34. The first-order chi connectivity index (χ1) is 14.2. The fourth-order valence-corrected chi connectivity index (χ4v) is 3.23. The van der Waals surface area contributed by atoms with Crippen LogP contribution in [0, 0.1) is 0 Å². The highest BCUT2D eigenvalue weighted by Gasteiger charge is 2.24. The number of aromatic nitrogens is 1. The van der Waals surface area contributed by atoms with E-state index in [0.717, 1.165) is 18.4 Å². The summed E-state index contributed by atoms with van der Waals surface area (Å²) in [4.78, 5) is 0. The molecule has 2 aromatic rings. The van der Waals surface area contributed by atoms with Crippen LogP contribution in [0.15, 0.2) is 64.9 Å². The van der Waals surface area contributed by atoms with Gasteiger partial charge >= 0.3 is 0 Å². The number of allylic oxidation sites excluding steroid dienone is 4. The van der Waals surface area contributed by atoms with Gasteiger partial charge in [-0.15, -0.1) is 0 Å². The van der Waals surface area contributed by atoms with E-state index in [0.29, 0.717) is 45.7 Å². The van der Waals surface area contributed by atoms with Gasteiger partial charge in [0.2, 0.25) is 5.75 Å². The topological polar surface area (TPSA) is 72.2 Å². The van der Waals surface area contributed by atoms with E-state index in [-0.39, 0.29) is 0 Å². The average Bonchev–Trinajstić information content (AvgIpc) is 3.28. The highest BCUT2D eigenvalue weighted by molar-refractivity contribution is 5.77. The maximum Gasteiger partial charge on any atom is 0.203 e. The molecule has 1 aromatic heterocycles. The van der Waals surface area contributed by atoms with Crippen LogP contribution < -0.4 is 14.2 Å². The summed E-state index contributed by atoms with van der Waals surface area (Å²) in [6, 6.07) is 3.58. The van der Waals surface area contributed by atoms with Gasteiger partial charge in [0.05, 0.1) is 33.1 Å². The van der Waals surface area contributed by atoms with Crippen LogP contribution in [0.5, 0.6) is 17.2 Å². The normalized spacial score (nSPS) is 15.5. The molecule has 4 rings (SSSR count). The molecular weight excluding hydrogens is 374 g/mol. The molecule has 2 heterocycles. The van der Waals surface area contributed by atoms with Gasteiger partial charge in [0, 0.05) is 5.56 Å². The lowest BCUT2D eigenvalue weighted by Crippen LogP contribution is -2.03. The first-order valence-electron chi connectivity index (χ1n) is 9.10. The molecule has 150 valence electrons. The smallest absolute Gasteiger partial charge is 0.203 e. The zero-order chi connectivity index (χ0) is 20.2. The number of benzene rings is 1. The van der Waals surface area contributed by atoms with E-state index >= 15 is 0 Å². The number of hydrogen-bond donors (Lipinski definition) is 0. The molecule has 1 aromatic carbocycles. The summed E-state index contributed by atoms with van der Waals surface area (Å²) in [5, 5.41) is 3.96. The Kier molecular flexibility index (Phi) is 5.29. The second-order valence-corrected chi connectivity index (χ2v) is 6.34. The van der Waals surface area contributed by atoms with Gasteiger partial charge < -0.3 is 28.2 Å². The molecule has 0 saturated heterocycles. The van der Waals surface area contributed by atoms with E-state index in [2.05, 4.69) is 11.2 Å². The Labute approximate surface area is 168 Å². The van der Waals surface area contributed by atoms with Crippen molar-refractivity contribution in [3.05, 3.63) is 66.0 Å². The van der Waals surface area contributed by atoms with Gasteiger partial charge in [-0.2, -0.15) is 0 Å². The van der Waals surface area contributed by atoms with E-state index in [1.165, 1.54) is 6.26 Å². The Morgan fingerprint density at radius 3 is 2.38 bits per heavy atom. The third-order valence-corrected chi connectivity index (χ3v) is 4.66. The lowest BCUT2D eigenvalue weighted by Gasteiger charge is -2.19. The summed E-state index contributed by atoms with van der Waals surface area (Å²) < 4.78 is 33.4. The van der Waals surface area contributed by atoms with Gasteiger partial charge in [-0.1, -0.05) is 23.4 Å². The third-order valence-electron chi connectivity index (χ3n) is 4.66. The molecule has 0 atom stereocenters. The molecule has 29 heavy (non-hydrogen) atoms. The number of rotatable bonds is 6. The Balaban J connectivity index is 1.68. The summed E-state index contributed by atoms with van der Waals surface area (Å²) in [6.07, 6.45) is 12.7. The van der Waals surface area contributed by atoms with Crippen LogP contribution in [0.2, 0.25) is 0 Å². The maximum absolute atomic E-state index is 6.10. The van der Waals surface area contributed by atoms with E-state index in [1.54, 1.807) is 45.9 Å². The molecule has 0 spiro atoms. The maximum atomic E-state index is 6.10. The number of methoxy groups -OCH3 is 3. The van der Waals surface area contributed by atoms with Gasteiger partial charge in [-0.25, -0.2) is 0 Å². The van der Waals surface area contributed by atoms with Crippen molar-refractivity contribution >= 4 is 5.76 Å². The zero-order valence-corrected chi connectivity index (χ0v) is 16.4. The summed E-state index contributed by atoms with van der Waals surface area (Å²) >= 11 is 0. The number of ether oxygens (including phenoxy) is 5. The third kappa shape index (κ3) is 3.59. The van der Waals surface area contributed by atoms with Crippen molar-refractivity contribution in [2.45, 2.75) is 12.8 Å². The molecule has 0 unspecified atom stereocenters. The van der Waals surface area contributed by atoms with Crippen molar-refractivity contribution in [3.8, 4) is 28.6 Å². The first-order valence-corrected chi connectivity index (χ1v) is 9.10. The van der Waals surface area contributed by atoms with Crippen LogP contribution in [-0.2, 0) is 9.47 Å². The lowest BCUT2D eigenvalue weighted by atomic mass is 10.0. The predicted molar refractivity (Wildman–Crippen MR) is 106 cm³/mol. The first kappa shape index (κ1) is 18.7. The fourth-order valence-electron chi connectivity index (χ4n) is 3.23. The van der Waals surface area contributed by atoms with E-state index in [9.17, 15) is 0 Å². The summed E-state index contributed by atoms with van der Waals surface area (Å²) in [5.74, 6) is 3.20. The quantitative estimate of drug-likeness (QED) is 0.694. The van der Waals surface area contributed by atoms with Crippen molar-refractivity contribution < 1.29 is 28.2 Å². The molecule has 2 aliphatic rings. The highest BCUT2D eigenvalue weighted by atomic mass is 16.5. The number of hydrogen-bond acceptors (Lipinski definition) is 7. The summed E-state index contributed by atoms with van der Waals surface area (Å²) in [7, 11) is 4.68. The lowest BCUT2D eigenvalue weighted by molar-refractivity contribution is 0.285. The highest BCUT2D eigenvalue weighted by Crippen LogP contribution is 2.43. The molecule has 7 heteroatoms. The minimum absolute atomic E-state index is 0.498. The Morgan fingerprint density at radius 1 is 0.966 bits per heavy atom. The van der Waals surface area contributed by atoms with Crippen molar-refractivity contribution in [3.63, 3.8) is 0 Å². The van der Waals surface area contributed by atoms with Crippen LogP contribution in [0.4, 0.5) is 0 Å². The Hall–Kier alpha value is -3.61. The van der Waals surface area contributed by atoms with Crippen LogP contribution in [0.1, 0.15) is 18.4 Å². The molecule has 7 nitrogen and oxygen atoms in total. The minimum atomic E-state index is 0.498. The van der Waals surface area contributed by atoms with Gasteiger partial charge in [0.25, 0.3) is 0 Å². The van der Waals surface area contributed by atoms with Gasteiger partial charge in [-0.05, 0) is 30.5 Å². The molecule has 1 aliphatic carbocycles. The summed E-state index contributed by atoms with van der Waals surface area (Å²) in [6.45, 7) is 0. The molecule has 0 saturated carbocycles. The van der Waals surface area contributed by atoms with Gasteiger partial charge in [-0.3, -0.25) is 0 Å². The zero-order valence-electron chi connectivity index (χ0n) is 16.4. The van der Waals surface area contributed by atoms with Gasteiger partial charge in [0.1, 0.15) is 12.5 Å². The molecule has 0 radical (unpaired) electrons. The molecule has 0 fully saturated rings. The van der Waals surface area contributed by atoms with Crippen molar-refractivity contribution in [2.75, 3.05) is 21.3 Å². The second kappa shape index (κ2) is 8.18. The van der Waals surface area contributed by atoms with Crippen LogP contribution in [0.25, 0.3) is 17.1 Å². The fraction of sp³-hybridized carbons (Fsp3) is 0.227. The standard InChI is InChI=1S/C22H21NO6/c1-24-17-9-15(10-18(25-2)22(17)26-3)21-16(11-23-29-21)20-13-27-12-19(28-20)14-7-5-4-6-8-14/h4-5,7,9-13H,6,8H2,1-3H3. The van der Waals surface area contributed by atoms with Crippen LogP contribution in [0.3, 0.4) is 0 Å². The minimum Gasteiger partial charge on any atom is -0.493 e. The molecular formula is C22H21NO6. The molecule has 0 amide bonds. The Bertz CT molecular complexity index is 1000. The summed E-state index contributed by atoms with van der Waals surface area (Å²) in [5.41, 5.74) is 2.42. The molecule has 0 bridgehead atoms.